The van der Waals surface area contributed by atoms with Crippen molar-refractivity contribution in [2.45, 2.75) is 6.54 Å². The van der Waals surface area contributed by atoms with Crippen LogP contribution >= 0.6 is 0 Å². The van der Waals surface area contributed by atoms with Gasteiger partial charge in [-0.05, 0) is 17.7 Å². The van der Waals surface area contributed by atoms with Crippen molar-refractivity contribution in [3.8, 4) is 0 Å². The van der Waals surface area contributed by atoms with Gasteiger partial charge in [-0.25, -0.2) is 0 Å². The number of nitrogens with one attached hydrogen (secondary N) is 3. The first kappa shape index (κ1) is 30.4. The Morgan fingerprint density at radius 1 is 0.722 bits per heavy atom. The van der Waals surface area contributed by atoms with Crippen LogP contribution in [0.3, 0.4) is 0 Å². The number of nitrogens with two attached hydrogens (primary N) is 1. The van der Waals surface area contributed by atoms with Crippen LogP contribution in [-0.4, -0.2) is 120 Å². The van der Waals surface area contributed by atoms with Crippen LogP contribution in [0.15, 0.2) is 24.3 Å². The third kappa shape index (κ3) is 14.6. The molecule has 36 heavy (non-hydrogen) atoms. The molecule has 1 aromatic rings. The van der Waals surface area contributed by atoms with Gasteiger partial charge >= 0.3 is 17.9 Å². The number of amides is 2. The molecule has 0 bridgehead atoms. The first-order valence-corrected chi connectivity index (χ1v) is 11.2. The zero-order valence-corrected chi connectivity index (χ0v) is 19.9. The van der Waals surface area contributed by atoms with E-state index in [1.807, 2.05) is 0 Å². The molecule has 0 radical (unpaired) electrons. The number of aliphatic carboxylic acids is 3. The van der Waals surface area contributed by atoms with Crippen molar-refractivity contribution in [1.29, 1.82) is 0 Å². The Kier molecular flexibility index (Phi) is 14.3. The average Bonchev–Trinajstić information content (AvgIpc) is 2.80. The molecule has 0 aliphatic heterocycles. The fourth-order valence-electron chi connectivity index (χ4n) is 3.13. The van der Waals surface area contributed by atoms with Crippen LogP contribution in [0.4, 0.5) is 0 Å². The molecule has 0 aliphatic rings. The fourth-order valence-corrected chi connectivity index (χ4v) is 3.13. The summed E-state index contributed by atoms with van der Waals surface area (Å²) in [7, 11) is 0. The molecule has 2 amide bonds. The Morgan fingerprint density at radius 3 is 1.67 bits per heavy atom. The summed E-state index contributed by atoms with van der Waals surface area (Å²) in [6.07, 6.45) is 0. The van der Waals surface area contributed by atoms with E-state index in [9.17, 15) is 24.0 Å². The summed E-state index contributed by atoms with van der Waals surface area (Å²) in [4.78, 5) is 59.6. The number of hydrogen-bond acceptors (Lipinski definition) is 9. The molecular weight excluding hydrogens is 476 g/mol. The molecule has 0 spiro atoms. The molecule has 8 N–H and O–H groups in total. The molecule has 0 unspecified atom stereocenters. The Bertz CT molecular complexity index is 880. The topological polar surface area (TPSA) is 215 Å². The van der Waals surface area contributed by atoms with Crippen LogP contribution in [0, 0.1) is 0 Å². The first-order chi connectivity index (χ1) is 17.1. The minimum absolute atomic E-state index is 0.00764. The minimum Gasteiger partial charge on any atom is -0.480 e. The van der Waals surface area contributed by atoms with Gasteiger partial charge in [0.25, 0.3) is 0 Å². The van der Waals surface area contributed by atoms with Crippen molar-refractivity contribution in [3.63, 3.8) is 0 Å². The van der Waals surface area contributed by atoms with Gasteiger partial charge in [-0.1, -0.05) is 12.1 Å². The molecule has 0 heterocycles. The van der Waals surface area contributed by atoms with Gasteiger partial charge in [0, 0.05) is 51.4 Å². The number of rotatable bonds is 20. The lowest BCUT2D eigenvalue weighted by Crippen LogP contribution is -2.46. The zero-order chi connectivity index (χ0) is 26.9. The van der Waals surface area contributed by atoms with Gasteiger partial charge in [0.15, 0.2) is 0 Å². The quantitative estimate of drug-likeness (QED) is 0.0902. The van der Waals surface area contributed by atoms with E-state index >= 15 is 0 Å². The minimum atomic E-state index is -1.04. The van der Waals surface area contributed by atoms with Crippen molar-refractivity contribution in [2.24, 2.45) is 5.73 Å². The number of benzene rings is 1. The van der Waals surface area contributed by atoms with Crippen LogP contribution in [0.25, 0.3) is 0 Å². The third-order valence-electron chi connectivity index (χ3n) is 4.95. The number of carboxylic acid groups (broad SMARTS) is 3. The number of carbonyl (C=O) groups excluding carboxylic acids is 2. The van der Waals surface area contributed by atoms with Gasteiger partial charge in [-0.3, -0.25) is 33.8 Å². The maximum absolute atomic E-state index is 12.5. The standard InChI is InChI=1S/C22H34N6O8/c23-22(36)17-3-1-16(2-4-17)11-26-18(29)14-27(7-5-24-12-19(30)31)9-10-28(15-21(34)35)8-6-25-13-20(32)33/h1-4,24-25H,5-15H2,(H2,23,36)(H,26,29)(H,30,31)(H,32,33)(H,34,35). The van der Waals surface area contributed by atoms with Crippen molar-refractivity contribution >= 4 is 29.7 Å². The van der Waals surface area contributed by atoms with Crippen LogP contribution < -0.4 is 21.7 Å². The summed E-state index contributed by atoms with van der Waals surface area (Å²) in [5.41, 5.74) is 6.34. The van der Waals surface area contributed by atoms with E-state index in [4.69, 9.17) is 21.1 Å². The summed E-state index contributed by atoms with van der Waals surface area (Å²) in [5, 5.41) is 34.9. The lowest BCUT2D eigenvalue weighted by molar-refractivity contribution is -0.139. The predicted molar refractivity (Wildman–Crippen MR) is 128 cm³/mol. The number of primary amides is 1. The predicted octanol–water partition coefficient (Wildman–Crippen LogP) is -2.56. The Morgan fingerprint density at radius 2 is 1.22 bits per heavy atom. The van der Waals surface area contributed by atoms with Gasteiger partial charge in [0.1, 0.15) is 0 Å². The van der Waals surface area contributed by atoms with Crippen LogP contribution in [0.2, 0.25) is 0 Å². The highest BCUT2D eigenvalue weighted by Gasteiger charge is 2.15. The van der Waals surface area contributed by atoms with E-state index in [1.165, 1.54) is 0 Å². The molecule has 0 atom stereocenters. The third-order valence-corrected chi connectivity index (χ3v) is 4.95. The van der Waals surface area contributed by atoms with E-state index in [0.29, 0.717) is 31.7 Å². The highest BCUT2D eigenvalue weighted by Crippen LogP contribution is 2.03. The summed E-state index contributed by atoms with van der Waals surface area (Å²) < 4.78 is 0. The number of nitrogens with zero attached hydrogens (tertiary/aromatic N) is 2. The van der Waals surface area contributed by atoms with Gasteiger partial charge in [0.05, 0.1) is 26.2 Å². The second-order valence-electron chi connectivity index (χ2n) is 7.92. The van der Waals surface area contributed by atoms with Crippen molar-refractivity contribution in [3.05, 3.63) is 35.4 Å². The summed E-state index contributed by atoms with van der Waals surface area (Å²) >= 11 is 0. The van der Waals surface area contributed by atoms with Crippen LogP contribution in [0.5, 0.6) is 0 Å². The van der Waals surface area contributed by atoms with E-state index in [2.05, 4.69) is 16.0 Å². The smallest absolute Gasteiger partial charge is 0.317 e. The first-order valence-electron chi connectivity index (χ1n) is 11.2. The Labute approximate surface area is 208 Å². The largest absolute Gasteiger partial charge is 0.480 e. The number of carbonyl (C=O) groups is 5. The second-order valence-corrected chi connectivity index (χ2v) is 7.92. The van der Waals surface area contributed by atoms with Gasteiger partial charge in [-0.15, -0.1) is 0 Å². The highest BCUT2D eigenvalue weighted by molar-refractivity contribution is 5.92. The van der Waals surface area contributed by atoms with E-state index in [0.717, 1.165) is 5.56 Å². The Balaban J connectivity index is 2.65. The highest BCUT2D eigenvalue weighted by atomic mass is 16.4. The lowest BCUT2D eigenvalue weighted by Gasteiger charge is -2.26. The zero-order valence-electron chi connectivity index (χ0n) is 19.9. The fraction of sp³-hybridized carbons (Fsp3) is 0.500. The van der Waals surface area contributed by atoms with Crippen LogP contribution in [-0.2, 0) is 25.7 Å². The summed E-state index contributed by atoms with van der Waals surface area (Å²) in [5.74, 6) is -3.91. The van der Waals surface area contributed by atoms with Crippen molar-refractivity contribution in [2.75, 3.05) is 65.4 Å². The molecule has 0 aromatic heterocycles. The molecule has 1 aromatic carbocycles. The molecular formula is C22H34N6O8. The maximum atomic E-state index is 12.5. The molecule has 200 valence electrons. The number of hydrogen-bond donors (Lipinski definition) is 7. The summed E-state index contributed by atoms with van der Waals surface area (Å²) in [6, 6.07) is 6.48. The van der Waals surface area contributed by atoms with E-state index in [-0.39, 0.29) is 51.7 Å². The molecule has 1 rings (SSSR count). The molecule has 0 saturated carbocycles. The van der Waals surface area contributed by atoms with Gasteiger partial charge in [0.2, 0.25) is 11.8 Å². The van der Waals surface area contributed by atoms with Gasteiger partial charge < -0.3 is 37.0 Å². The molecule has 0 fully saturated rings. The van der Waals surface area contributed by atoms with Gasteiger partial charge in [-0.2, -0.15) is 0 Å². The van der Waals surface area contributed by atoms with Crippen molar-refractivity contribution < 1.29 is 39.3 Å². The van der Waals surface area contributed by atoms with E-state index < -0.39 is 23.8 Å². The molecule has 0 saturated heterocycles. The molecule has 14 nitrogen and oxygen atoms in total. The summed E-state index contributed by atoms with van der Waals surface area (Å²) in [6.45, 7) is 1.30. The normalized spacial score (nSPS) is 10.9. The monoisotopic (exact) mass is 510 g/mol. The van der Waals surface area contributed by atoms with Crippen molar-refractivity contribution in [1.82, 2.24) is 25.8 Å². The van der Waals surface area contributed by atoms with E-state index in [1.54, 1.807) is 34.1 Å². The average molecular weight is 511 g/mol. The SMILES string of the molecule is NC(=O)c1ccc(CNC(=O)CN(CCNCC(=O)O)CCN(CCNCC(=O)O)CC(=O)O)cc1. The molecule has 0 aliphatic carbocycles. The number of carboxylic acids is 3. The maximum Gasteiger partial charge on any atom is 0.317 e. The van der Waals surface area contributed by atoms with Crippen LogP contribution in [0.1, 0.15) is 15.9 Å². The molecule has 14 heteroatoms. The lowest BCUT2D eigenvalue weighted by atomic mass is 10.1. The second kappa shape index (κ2) is 16.9. The Hall–Kier alpha value is -3.59.